The number of hydrogen-bond donors (Lipinski definition) is 1. The fourth-order valence-corrected chi connectivity index (χ4v) is 6.33. The Bertz CT molecular complexity index is 1110. The number of ether oxygens (including phenoxy) is 1. The molecule has 0 aromatic heterocycles. The molecule has 0 bridgehead atoms. The van der Waals surface area contributed by atoms with Crippen LogP contribution in [0.15, 0.2) is 83.8 Å². The van der Waals surface area contributed by atoms with Gasteiger partial charge in [-0.05, 0) is 60.1 Å². The van der Waals surface area contributed by atoms with Crippen LogP contribution in [0.5, 0.6) is 0 Å². The molecule has 31 heavy (non-hydrogen) atoms. The van der Waals surface area contributed by atoms with Crippen LogP contribution >= 0.6 is 0 Å². The molecule has 1 aliphatic carbocycles. The molecule has 4 nitrogen and oxygen atoms in total. The van der Waals surface area contributed by atoms with Gasteiger partial charge in [-0.15, -0.1) is 0 Å². The Kier molecular flexibility index (Phi) is 5.65. The second-order valence-electron chi connectivity index (χ2n) is 8.44. The topological polar surface area (TPSA) is 55.4 Å². The third-order valence-electron chi connectivity index (χ3n) is 6.51. The second kappa shape index (κ2) is 8.58. The summed E-state index contributed by atoms with van der Waals surface area (Å²) in [5, 5.41) is 0. The lowest BCUT2D eigenvalue weighted by atomic mass is 9.80. The Morgan fingerprint density at radius 1 is 0.774 bits per heavy atom. The van der Waals surface area contributed by atoms with E-state index < -0.39 is 10.0 Å². The van der Waals surface area contributed by atoms with Crippen LogP contribution < -0.4 is 4.72 Å². The largest absolute Gasteiger partial charge is 0.377 e. The molecule has 0 amide bonds. The first-order valence-corrected chi connectivity index (χ1v) is 12.4. The van der Waals surface area contributed by atoms with Gasteiger partial charge in [0, 0.05) is 18.6 Å². The van der Waals surface area contributed by atoms with E-state index in [9.17, 15) is 8.42 Å². The maximum absolute atomic E-state index is 12.9. The molecule has 2 aliphatic rings. The third-order valence-corrected chi connectivity index (χ3v) is 8.04. The smallest absolute Gasteiger partial charge is 0.240 e. The van der Waals surface area contributed by atoms with Gasteiger partial charge in [0.05, 0.1) is 11.0 Å². The summed E-state index contributed by atoms with van der Waals surface area (Å²) in [6, 6.07) is 25.7. The van der Waals surface area contributed by atoms with Crippen LogP contribution in [-0.4, -0.2) is 27.2 Å². The van der Waals surface area contributed by atoms with Crippen LogP contribution in [0.2, 0.25) is 0 Å². The molecule has 3 aromatic carbocycles. The SMILES string of the molecule is O=S(=O)(N[C@@H]1CCO[C@@H](C2c3ccccc3CCc3ccccc32)C1)c1ccccc1. The van der Waals surface area contributed by atoms with Crippen LogP contribution in [0.3, 0.4) is 0 Å². The zero-order chi connectivity index (χ0) is 21.3. The van der Waals surface area contributed by atoms with Gasteiger partial charge in [-0.3, -0.25) is 0 Å². The lowest BCUT2D eigenvalue weighted by Gasteiger charge is -2.36. The van der Waals surface area contributed by atoms with Crippen molar-refractivity contribution in [2.24, 2.45) is 0 Å². The number of hydrogen-bond acceptors (Lipinski definition) is 3. The van der Waals surface area contributed by atoms with Crippen molar-refractivity contribution in [2.45, 2.75) is 48.6 Å². The van der Waals surface area contributed by atoms with E-state index in [1.54, 1.807) is 24.3 Å². The average Bonchev–Trinajstić information content (AvgIpc) is 2.96. The summed E-state index contributed by atoms with van der Waals surface area (Å²) in [4.78, 5) is 0.309. The van der Waals surface area contributed by atoms with Gasteiger partial charge in [-0.1, -0.05) is 66.7 Å². The first kappa shape index (κ1) is 20.4. The van der Waals surface area contributed by atoms with Crippen molar-refractivity contribution in [2.75, 3.05) is 6.61 Å². The average molecular weight is 434 g/mol. The van der Waals surface area contributed by atoms with E-state index in [1.165, 1.54) is 22.3 Å². The van der Waals surface area contributed by atoms with E-state index in [0.29, 0.717) is 24.3 Å². The maximum Gasteiger partial charge on any atom is 0.240 e. The second-order valence-corrected chi connectivity index (χ2v) is 10.2. The van der Waals surface area contributed by atoms with Gasteiger partial charge in [0.2, 0.25) is 10.0 Å². The van der Waals surface area contributed by atoms with Crippen LogP contribution in [0.4, 0.5) is 0 Å². The van der Waals surface area contributed by atoms with Gasteiger partial charge in [0.1, 0.15) is 0 Å². The minimum Gasteiger partial charge on any atom is -0.377 e. The zero-order valence-corrected chi connectivity index (χ0v) is 18.2. The maximum atomic E-state index is 12.9. The van der Waals surface area contributed by atoms with E-state index in [4.69, 9.17) is 4.74 Å². The molecule has 160 valence electrons. The number of rotatable bonds is 4. The molecule has 1 N–H and O–H groups in total. The Labute approximate surface area is 184 Å². The van der Waals surface area contributed by atoms with Gasteiger partial charge in [-0.25, -0.2) is 13.1 Å². The highest BCUT2D eigenvalue weighted by atomic mass is 32.2. The Morgan fingerprint density at radius 2 is 1.35 bits per heavy atom. The summed E-state index contributed by atoms with van der Waals surface area (Å²) in [6.07, 6.45) is 3.29. The summed E-state index contributed by atoms with van der Waals surface area (Å²) in [5.74, 6) is 0.110. The number of nitrogens with one attached hydrogen (secondary N) is 1. The summed E-state index contributed by atoms with van der Waals surface area (Å²) in [6.45, 7) is 0.549. The molecule has 0 radical (unpaired) electrons. The fraction of sp³-hybridized carbons (Fsp3) is 0.308. The van der Waals surface area contributed by atoms with E-state index in [-0.39, 0.29) is 18.1 Å². The van der Waals surface area contributed by atoms with Crippen molar-refractivity contribution in [3.05, 3.63) is 101 Å². The monoisotopic (exact) mass is 433 g/mol. The van der Waals surface area contributed by atoms with E-state index >= 15 is 0 Å². The molecule has 0 unspecified atom stereocenters. The van der Waals surface area contributed by atoms with Crippen LogP contribution in [-0.2, 0) is 27.6 Å². The van der Waals surface area contributed by atoms with E-state index in [0.717, 1.165) is 12.8 Å². The molecule has 0 saturated carbocycles. The first-order chi connectivity index (χ1) is 15.1. The fourth-order valence-electron chi connectivity index (χ4n) is 5.02. The number of sulfonamides is 1. The first-order valence-electron chi connectivity index (χ1n) is 11.0. The Hall–Kier alpha value is -2.47. The van der Waals surface area contributed by atoms with Gasteiger partial charge in [0.15, 0.2) is 0 Å². The minimum atomic E-state index is -3.55. The molecule has 1 heterocycles. The van der Waals surface area contributed by atoms with Crippen molar-refractivity contribution in [3.8, 4) is 0 Å². The Balaban J connectivity index is 1.45. The minimum absolute atomic E-state index is 0.0716. The molecule has 0 spiro atoms. The highest BCUT2D eigenvalue weighted by molar-refractivity contribution is 7.89. The van der Waals surface area contributed by atoms with Crippen LogP contribution in [0, 0.1) is 0 Å². The van der Waals surface area contributed by atoms with Gasteiger partial charge >= 0.3 is 0 Å². The summed E-state index contributed by atoms with van der Waals surface area (Å²) in [7, 11) is -3.55. The van der Waals surface area contributed by atoms with E-state index in [1.807, 2.05) is 6.07 Å². The normalized spacial score (nSPS) is 21.7. The lowest BCUT2D eigenvalue weighted by Crippen LogP contribution is -2.44. The molecule has 5 rings (SSSR count). The summed E-state index contributed by atoms with van der Waals surface area (Å²) in [5.41, 5.74) is 5.34. The van der Waals surface area contributed by atoms with Crippen molar-refractivity contribution in [1.29, 1.82) is 0 Å². The zero-order valence-electron chi connectivity index (χ0n) is 17.4. The van der Waals surface area contributed by atoms with Gasteiger partial charge in [0.25, 0.3) is 0 Å². The van der Waals surface area contributed by atoms with Gasteiger partial charge in [-0.2, -0.15) is 0 Å². The predicted octanol–water partition coefficient (Wildman–Crippen LogP) is 4.44. The molecule has 5 heteroatoms. The van der Waals surface area contributed by atoms with Crippen molar-refractivity contribution in [1.82, 2.24) is 4.72 Å². The molecule has 1 fully saturated rings. The molecule has 1 saturated heterocycles. The number of aryl methyl sites for hydroxylation is 2. The quantitative estimate of drug-likeness (QED) is 0.662. The number of benzene rings is 3. The highest BCUT2D eigenvalue weighted by Gasteiger charge is 2.36. The van der Waals surface area contributed by atoms with Gasteiger partial charge < -0.3 is 4.74 Å². The standard InChI is InChI=1S/C26H27NO3S/c28-31(29,22-10-2-1-3-11-22)27-21-16-17-30-25(18-21)26-23-12-6-4-8-19(23)14-15-20-9-5-7-13-24(20)26/h1-13,21,25-27H,14-18H2/t21-,25-/m1/s1. The molecule has 3 aromatic rings. The predicted molar refractivity (Wildman–Crippen MR) is 122 cm³/mol. The molecular formula is C26H27NO3S. The van der Waals surface area contributed by atoms with Crippen LogP contribution in [0.25, 0.3) is 0 Å². The van der Waals surface area contributed by atoms with Crippen molar-refractivity contribution < 1.29 is 13.2 Å². The highest BCUT2D eigenvalue weighted by Crippen LogP contribution is 2.40. The van der Waals surface area contributed by atoms with Crippen molar-refractivity contribution >= 4 is 10.0 Å². The summed E-state index contributed by atoms with van der Waals surface area (Å²) >= 11 is 0. The van der Waals surface area contributed by atoms with Crippen molar-refractivity contribution in [3.63, 3.8) is 0 Å². The molecular weight excluding hydrogens is 406 g/mol. The van der Waals surface area contributed by atoms with Crippen LogP contribution in [0.1, 0.15) is 41.0 Å². The van der Waals surface area contributed by atoms with E-state index in [2.05, 4.69) is 53.3 Å². The lowest BCUT2D eigenvalue weighted by molar-refractivity contribution is -0.00397. The molecule has 2 atom stereocenters. The Morgan fingerprint density at radius 3 is 2.00 bits per heavy atom. The third kappa shape index (κ3) is 4.18. The number of fused-ring (bicyclic) bond motifs is 2. The summed E-state index contributed by atoms with van der Waals surface area (Å²) < 4.78 is 35.0. The molecule has 1 aliphatic heterocycles.